The SMILES string of the molecule is CN(C)c1ccc(C(O)CNC(=O)c2ccc(C(C)(C)C)cc2)cc1. The fraction of sp³-hybridized carbons (Fsp3) is 0.381. The number of anilines is 1. The summed E-state index contributed by atoms with van der Waals surface area (Å²) in [6.45, 7) is 6.60. The van der Waals surface area contributed by atoms with E-state index in [1.165, 1.54) is 5.56 Å². The molecule has 1 amide bonds. The maximum absolute atomic E-state index is 12.3. The van der Waals surface area contributed by atoms with Gasteiger partial charge >= 0.3 is 0 Å². The number of amides is 1. The van der Waals surface area contributed by atoms with E-state index in [0.29, 0.717) is 5.56 Å². The molecular formula is C21H28N2O2. The average molecular weight is 340 g/mol. The molecule has 0 heterocycles. The van der Waals surface area contributed by atoms with Crippen LogP contribution in [0.2, 0.25) is 0 Å². The highest BCUT2D eigenvalue weighted by atomic mass is 16.3. The van der Waals surface area contributed by atoms with Gasteiger partial charge in [-0.15, -0.1) is 0 Å². The van der Waals surface area contributed by atoms with Crippen LogP contribution in [-0.4, -0.2) is 31.7 Å². The molecule has 0 saturated heterocycles. The Labute approximate surface area is 150 Å². The molecule has 134 valence electrons. The molecule has 1 atom stereocenters. The molecular weight excluding hydrogens is 312 g/mol. The molecule has 0 aliphatic rings. The third-order valence-corrected chi connectivity index (χ3v) is 4.26. The van der Waals surface area contributed by atoms with Crippen molar-refractivity contribution in [3.63, 3.8) is 0 Å². The normalized spacial score (nSPS) is 12.6. The molecule has 0 fully saturated rings. The van der Waals surface area contributed by atoms with Gasteiger partial charge in [-0.1, -0.05) is 45.0 Å². The number of carbonyl (C=O) groups is 1. The predicted octanol–water partition coefficient (Wildman–Crippen LogP) is 3.51. The second-order valence-corrected chi connectivity index (χ2v) is 7.54. The molecule has 0 saturated carbocycles. The summed E-state index contributed by atoms with van der Waals surface area (Å²) in [6.07, 6.45) is -0.728. The predicted molar refractivity (Wildman–Crippen MR) is 103 cm³/mol. The summed E-state index contributed by atoms with van der Waals surface area (Å²) in [5, 5.41) is 13.1. The number of benzene rings is 2. The molecule has 0 aromatic heterocycles. The molecule has 0 aliphatic heterocycles. The molecule has 2 N–H and O–H groups in total. The standard InChI is InChI=1S/C21H28N2O2/c1-21(2,3)17-10-6-16(7-11-17)20(25)22-14-19(24)15-8-12-18(13-9-15)23(4)5/h6-13,19,24H,14H2,1-5H3,(H,22,25). The second kappa shape index (κ2) is 7.70. The summed E-state index contributed by atoms with van der Waals surface area (Å²) in [5.74, 6) is -0.176. The Balaban J connectivity index is 1.94. The van der Waals surface area contributed by atoms with Crippen molar-refractivity contribution in [3.8, 4) is 0 Å². The molecule has 0 radical (unpaired) electrons. The first kappa shape index (κ1) is 19.0. The van der Waals surface area contributed by atoms with E-state index in [1.807, 2.05) is 67.5 Å². The lowest BCUT2D eigenvalue weighted by Crippen LogP contribution is -2.28. The number of aliphatic hydroxyl groups is 1. The zero-order chi connectivity index (χ0) is 18.6. The van der Waals surface area contributed by atoms with Crippen molar-refractivity contribution in [2.24, 2.45) is 0 Å². The maximum Gasteiger partial charge on any atom is 0.251 e. The van der Waals surface area contributed by atoms with E-state index in [2.05, 4.69) is 26.1 Å². The van der Waals surface area contributed by atoms with Gasteiger partial charge in [0.1, 0.15) is 0 Å². The van der Waals surface area contributed by atoms with Crippen LogP contribution in [0.15, 0.2) is 48.5 Å². The smallest absolute Gasteiger partial charge is 0.251 e. The van der Waals surface area contributed by atoms with Crippen molar-refractivity contribution in [3.05, 3.63) is 65.2 Å². The topological polar surface area (TPSA) is 52.6 Å². The summed E-state index contributed by atoms with van der Waals surface area (Å²) < 4.78 is 0. The fourth-order valence-electron chi connectivity index (χ4n) is 2.53. The third kappa shape index (κ3) is 5.07. The number of hydrogen-bond acceptors (Lipinski definition) is 3. The first-order valence-corrected chi connectivity index (χ1v) is 8.52. The fourth-order valence-corrected chi connectivity index (χ4v) is 2.53. The molecule has 4 nitrogen and oxygen atoms in total. The number of hydrogen-bond donors (Lipinski definition) is 2. The van der Waals surface area contributed by atoms with E-state index in [9.17, 15) is 9.90 Å². The number of carbonyl (C=O) groups excluding carboxylic acids is 1. The molecule has 2 rings (SSSR count). The van der Waals surface area contributed by atoms with E-state index >= 15 is 0 Å². The second-order valence-electron chi connectivity index (χ2n) is 7.54. The zero-order valence-electron chi connectivity index (χ0n) is 15.7. The van der Waals surface area contributed by atoms with Gasteiger partial charge in [-0.05, 0) is 40.8 Å². The van der Waals surface area contributed by atoms with Gasteiger partial charge in [0.15, 0.2) is 0 Å². The molecule has 2 aromatic carbocycles. The lowest BCUT2D eigenvalue weighted by atomic mass is 9.87. The largest absolute Gasteiger partial charge is 0.387 e. The first-order chi connectivity index (χ1) is 11.7. The summed E-state index contributed by atoms with van der Waals surface area (Å²) in [7, 11) is 3.94. The summed E-state index contributed by atoms with van der Waals surface area (Å²) >= 11 is 0. The van der Waals surface area contributed by atoms with Gasteiger partial charge in [0.25, 0.3) is 5.91 Å². The van der Waals surface area contributed by atoms with E-state index in [1.54, 1.807) is 0 Å². The van der Waals surface area contributed by atoms with Crippen LogP contribution in [0.4, 0.5) is 5.69 Å². The Bertz CT molecular complexity index is 698. The Morgan fingerprint density at radius 2 is 1.60 bits per heavy atom. The lowest BCUT2D eigenvalue weighted by molar-refractivity contribution is 0.0916. The molecule has 4 heteroatoms. The van der Waals surface area contributed by atoms with Crippen molar-refractivity contribution >= 4 is 11.6 Å². The van der Waals surface area contributed by atoms with Crippen molar-refractivity contribution in [2.75, 3.05) is 25.5 Å². The van der Waals surface area contributed by atoms with Crippen molar-refractivity contribution < 1.29 is 9.90 Å². The van der Waals surface area contributed by atoms with E-state index < -0.39 is 6.10 Å². The highest BCUT2D eigenvalue weighted by Gasteiger charge is 2.15. The maximum atomic E-state index is 12.3. The van der Waals surface area contributed by atoms with Crippen molar-refractivity contribution in [2.45, 2.75) is 32.3 Å². The highest BCUT2D eigenvalue weighted by molar-refractivity contribution is 5.94. The molecule has 0 spiro atoms. The van der Waals surface area contributed by atoms with Crippen LogP contribution >= 0.6 is 0 Å². The van der Waals surface area contributed by atoms with Crippen LogP contribution in [0, 0.1) is 0 Å². The monoisotopic (exact) mass is 340 g/mol. The van der Waals surface area contributed by atoms with Crippen LogP contribution in [0.5, 0.6) is 0 Å². The van der Waals surface area contributed by atoms with Gasteiger partial charge in [0.2, 0.25) is 0 Å². The highest BCUT2D eigenvalue weighted by Crippen LogP contribution is 2.22. The summed E-state index contributed by atoms with van der Waals surface area (Å²) in [6, 6.07) is 15.3. The van der Waals surface area contributed by atoms with Crippen LogP contribution < -0.4 is 10.2 Å². The summed E-state index contributed by atoms with van der Waals surface area (Å²) in [4.78, 5) is 14.3. The van der Waals surface area contributed by atoms with Crippen molar-refractivity contribution in [1.82, 2.24) is 5.32 Å². The average Bonchev–Trinajstić information content (AvgIpc) is 2.58. The van der Waals surface area contributed by atoms with E-state index in [0.717, 1.165) is 11.3 Å². The molecule has 0 aliphatic carbocycles. The minimum absolute atomic E-state index is 0.0594. The van der Waals surface area contributed by atoms with Crippen LogP contribution in [0.3, 0.4) is 0 Å². The van der Waals surface area contributed by atoms with Gasteiger partial charge in [-0.2, -0.15) is 0 Å². The minimum Gasteiger partial charge on any atom is -0.387 e. The number of aliphatic hydroxyl groups excluding tert-OH is 1. The van der Waals surface area contributed by atoms with Gasteiger partial charge in [-0.3, -0.25) is 4.79 Å². The Morgan fingerprint density at radius 1 is 1.04 bits per heavy atom. The van der Waals surface area contributed by atoms with Gasteiger partial charge in [0, 0.05) is 31.9 Å². The van der Waals surface area contributed by atoms with Crippen LogP contribution in [0.25, 0.3) is 0 Å². The lowest BCUT2D eigenvalue weighted by Gasteiger charge is -2.19. The molecule has 0 bridgehead atoms. The molecule has 25 heavy (non-hydrogen) atoms. The Hall–Kier alpha value is -2.33. The minimum atomic E-state index is -0.728. The van der Waals surface area contributed by atoms with Gasteiger partial charge in [0.05, 0.1) is 6.10 Å². The summed E-state index contributed by atoms with van der Waals surface area (Å²) in [5.41, 5.74) is 3.70. The van der Waals surface area contributed by atoms with Gasteiger partial charge in [-0.25, -0.2) is 0 Å². The van der Waals surface area contributed by atoms with Crippen LogP contribution in [0.1, 0.15) is 48.4 Å². The van der Waals surface area contributed by atoms with Crippen molar-refractivity contribution in [1.29, 1.82) is 0 Å². The Morgan fingerprint density at radius 3 is 2.08 bits per heavy atom. The third-order valence-electron chi connectivity index (χ3n) is 4.26. The van der Waals surface area contributed by atoms with E-state index in [4.69, 9.17) is 0 Å². The first-order valence-electron chi connectivity index (χ1n) is 8.52. The quantitative estimate of drug-likeness (QED) is 0.876. The number of nitrogens with one attached hydrogen (secondary N) is 1. The molecule has 2 aromatic rings. The number of nitrogens with zero attached hydrogens (tertiary/aromatic N) is 1. The molecule has 1 unspecified atom stereocenters. The zero-order valence-corrected chi connectivity index (χ0v) is 15.7. The van der Waals surface area contributed by atoms with Crippen LogP contribution in [-0.2, 0) is 5.41 Å². The number of rotatable bonds is 5. The Kier molecular flexibility index (Phi) is 5.85. The van der Waals surface area contributed by atoms with E-state index in [-0.39, 0.29) is 17.9 Å². The van der Waals surface area contributed by atoms with Gasteiger partial charge < -0.3 is 15.3 Å².